The van der Waals surface area contributed by atoms with Crippen molar-refractivity contribution in [3.05, 3.63) is 48.5 Å². The Hall–Kier alpha value is -1.55. The van der Waals surface area contributed by atoms with Crippen LogP contribution >= 0.6 is 11.8 Å². The summed E-state index contributed by atoms with van der Waals surface area (Å²) in [5.74, 6) is -2.38. The molecule has 0 spiro atoms. The molecule has 17 heavy (non-hydrogen) atoms. The van der Waals surface area contributed by atoms with E-state index in [9.17, 15) is 8.78 Å². The first-order chi connectivity index (χ1) is 8.15. The average molecular weight is 251 g/mol. The van der Waals surface area contributed by atoms with Crippen LogP contribution in [0.25, 0.3) is 11.1 Å². The highest BCUT2D eigenvalue weighted by atomic mass is 32.2. The molecule has 2 rings (SSSR count). The molecule has 2 N–H and O–H groups in total. The third-order valence-electron chi connectivity index (χ3n) is 2.32. The van der Waals surface area contributed by atoms with Crippen molar-refractivity contribution < 1.29 is 8.78 Å². The lowest BCUT2D eigenvalue weighted by atomic mass is 10.1. The number of benzene rings is 2. The molecule has 0 unspecified atom stereocenters. The quantitative estimate of drug-likeness (QED) is 0.652. The summed E-state index contributed by atoms with van der Waals surface area (Å²) in [5.41, 5.74) is 8.31. The lowest BCUT2D eigenvalue weighted by Crippen LogP contribution is -1.84. The molecule has 0 aromatic heterocycles. The smallest absolute Gasteiger partial charge is 0.288 e. The van der Waals surface area contributed by atoms with Crippen molar-refractivity contribution in [3.63, 3.8) is 0 Å². The zero-order chi connectivity index (χ0) is 12.3. The molecular weight excluding hydrogens is 240 g/mol. The van der Waals surface area contributed by atoms with Crippen molar-refractivity contribution in [2.75, 3.05) is 5.73 Å². The molecule has 0 aliphatic heterocycles. The number of alkyl halides is 2. The van der Waals surface area contributed by atoms with Gasteiger partial charge in [-0.15, -0.1) is 0 Å². The van der Waals surface area contributed by atoms with Crippen LogP contribution < -0.4 is 5.73 Å². The van der Waals surface area contributed by atoms with Crippen LogP contribution in [0.4, 0.5) is 14.5 Å². The molecule has 0 atom stereocenters. The van der Waals surface area contributed by atoms with Crippen LogP contribution in [0.2, 0.25) is 0 Å². The number of thioether (sulfide) groups is 1. The van der Waals surface area contributed by atoms with Crippen LogP contribution in [0, 0.1) is 0 Å². The van der Waals surface area contributed by atoms with Crippen LogP contribution in [-0.2, 0) is 0 Å². The average Bonchev–Trinajstić information content (AvgIpc) is 2.30. The van der Waals surface area contributed by atoms with Gasteiger partial charge >= 0.3 is 0 Å². The largest absolute Gasteiger partial charge is 0.399 e. The minimum atomic E-state index is -2.38. The van der Waals surface area contributed by atoms with Gasteiger partial charge in [-0.05, 0) is 35.4 Å². The molecule has 4 heteroatoms. The Morgan fingerprint density at radius 1 is 0.824 bits per heavy atom. The molecule has 0 heterocycles. The highest BCUT2D eigenvalue weighted by Crippen LogP contribution is 2.28. The lowest BCUT2D eigenvalue weighted by Gasteiger charge is -2.04. The number of rotatable bonds is 3. The van der Waals surface area contributed by atoms with Gasteiger partial charge < -0.3 is 5.73 Å². The molecule has 2 aromatic rings. The summed E-state index contributed by atoms with van der Waals surface area (Å²) in [5, 5.41) is 0. The Morgan fingerprint density at radius 2 is 1.29 bits per heavy atom. The molecule has 0 saturated heterocycles. The van der Waals surface area contributed by atoms with Crippen LogP contribution in [0.15, 0.2) is 53.4 Å². The highest BCUT2D eigenvalue weighted by molar-refractivity contribution is 7.99. The first kappa shape index (κ1) is 11.9. The van der Waals surface area contributed by atoms with Gasteiger partial charge in [0.2, 0.25) is 0 Å². The van der Waals surface area contributed by atoms with Gasteiger partial charge in [0.1, 0.15) is 0 Å². The van der Waals surface area contributed by atoms with E-state index in [0.717, 1.165) is 11.1 Å². The van der Waals surface area contributed by atoms with Gasteiger partial charge in [0.15, 0.2) is 0 Å². The Balaban J connectivity index is 2.20. The molecule has 0 fully saturated rings. The normalized spacial score (nSPS) is 10.8. The third-order valence-corrected chi connectivity index (χ3v) is 3.05. The summed E-state index contributed by atoms with van der Waals surface area (Å²) < 4.78 is 24.3. The fraction of sp³-hybridized carbons (Fsp3) is 0.0769. The Bertz CT molecular complexity index is 480. The Kier molecular flexibility index (Phi) is 3.64. The number of halogens is 2. The second kappa shape index (κ2) is 5.19. The van der Waals surface area contributed by atoms with E-state index in [0.29, 0.717) is 22.3 Å². The van der Waals surface area contributed by atoms with Crippen LogP contribution in [0.1, 0.15) is 0 Å². The van der Waals surface area contributed by atoms with Gasteiger partial charge in [-0.1, -0.05) is 36.0 Å². The molecule has 2 aromatic carbocycles. The minimum Gasteiger partial charge on any atom is -0.399 e. The van der Waals surface area contributed by atoms with E-state index in [1.54, 1.807) is 12.1 Å². The molecule has 88 valence electrons. The minimum absolute atomic E-state index is 0.551. The van der Waals surface area contributed by atoms with Gasteiger partial charge in [-0.3, -0.25) is 0 Å². The summed E-state index contributed by atoms with van der Waals surface area (Å²) in [7, 11) is 0. The molecule has 1 nitrogen and oxygen atoms in total. The predicted molar refractivity (Wildman–Crippen MR) is 68.2 cm³/mol. The summed E-state index contributed by atoms with van der Waals surface area (Å²) in [6, 6.07) is 14.5. The SMILES string of the molecule is Nc1ccc(-c2ccc(SC(F)F)cc2)cc1. The zero-order valence-electron chi connectivity index (χ0n) is 8.94. The number of nitrogen functional groups attached to an aromatic ring is 1. The first-order valence-corrected chi connectivity index (χ1v) is 5.94. The van der Waals surface area contributed by atoms with Crippen LogP contribution in [0.3, 0.4) is 0 Å². The highest BCUT2D eigenvalue weighted by Gasteiger charge is 2.05. The van der Waals surface area contributed by atoms with Crippen molar-refractivity contribution >= 4 is 17.4 Å². The Labute approximate surface area is 103 Å². The van der Waals surface area contributed by atoms with E-state index in [-0.39, 0.29) is 0 Å². The number of hydrogen-bond acceptors (Lipinski definition) is 2. The topological polar surface area (TPSA) is 26.0 Å². The number of anilines is 1. The monoisotopic (exact) mass is 251 g/mol. The van der Waals surface area contributed by atoms with Gasteiger partial charge in [0.05, 0.1) is 0 Å². The van der Waals surface area contributed by atoms with E-state index in [1.165, 1.54) is 0 Å². The zero-order valence-corrected chi connectivity index (χ0v) is 9.75. The summed E-state index contributed by atoms with van der Waals surface area (Å²) in [4.78, 5) is 0.569. The van der Waals surface area contributed by atoms with Gasteiger partial charge in [-0.25, -0.2) is 0 Å². The van der Waals surface area contributed by atoms with Gasteiger partial charge in [0, 0.05) is 10.6 Å². The number of hydrogen-bond donors (Lipinski definition) is 1. The molecule has 0 saturated carbocycles. The van der Waals surface area contributed by atoms with Crippen molar-refractivity contribution in [3.8, 4) is 11.1 Å². The fourth-order valence-corrected chi connectivity index (χ4v) is 2.00. The number of nitrogens with two attached hydrogens (primary N) is 1. The van der Waals surface area contributed by atoms with Crippen molar-refractivity contribution in [2.45, 2.75) is 10.7 Å². The molecule has 0 aliphatic carbocycles. The van der Waals surface area contributed by atoms with Gasteiger partial charge in [-0.2, -0.15) is 8.78 Å². The summed E-state index contributed by atoms with van der Waals surface area (Å²) >= 11 is 0.551. The van der Waals surface area contributed by atoms with Crippen molar-refractivity contribution in [1.29, 1.82) is 0 Å². The molecule has 0 bridgehead atoms. The Morgan fingerprint density at radius 3 is 1.76 bits per heavy atom. The maximum atomic E-state index is 12.1. The van der Waals surface area contributed by atoms with E-state index < -0.39 is 5.76 Å². The van der Waals surface area contributed by atoms with E-state index in [4.69, 9.17) is 5.73 Å². The summed E-state index contributed by atoms with van der Waals surface area (Å²) in [6.07, 6.45) is 0. The molecule has 0 aliphatic rings. The van der Waals surface area contributed by atoms with Crippen LogP contribution in [0.5, 0.6) is 0 Å². The van der Waals surface area contributed by atoms with Crippen LogP contribution in [-0.4, -0.2) is 5.76 Å². The first-order valence-electron chi connectivity index (χ1n) is 5.06. The molecular formula is C13H11F2NS. The van der Waals surface area contributed by atoms with E-state index in [1.807, 2.05) is 36.4 Å². The van der Waals surface area contributed by atoms with Gasteiger partial charge in [0.25, 0.3) is 5.76 Å². The molecule has 0 amide bonds. The maximum absolute atomic E-state index is 12.1. The third kappa shape index (κ3) is 3.20. The van der Waals surface area contributed by atoms with Crippen molar-refractivity contribution in [2.24, 2.45) is 0 Å². The van der Waals surface area contributed by atoms with Crippen molar-refractivity contribution in [1.82, 2.24) is 0 Å². The second-order valence-electron chi connectivity index (χ2n) is 3.52. The van der Waals surface area contributed by atoms with E-state index >= 15 is 0 Å². The fourth-order valence-electron chi connectivity index (χ4n) is 1.50. The summed E-state index contributed by atoms with van der Waals surface area (Å²) in [6.45, 7) is 0. The lowest BCUT2D eigenvalue weighted by molar-refractivity contribution is 0.252. The maximum Gasteiger partial charge on any atom is 0.288 e. The molecule has 0 radical (unpaired) electrons. The second-order valence-corrected chi connectivity index (χ2v) is 4.59. The predicted octanol–water partition coefficient (Wildman–Crippen LogP) is 4.25. The van der Waals surface area contributed by atoms with E-state index in [2.05, 4.69) is 0 Å². The standard InChI is InChI=1S/C13H11F2NS/c14-13(15)17-12-7-3-10(4-8-12)9-1-5-11(16)6-2-9/h1-8,13H,16H2.